The molecule has 0 saturated heterocycles. The van der Waals surface area contributed by atoms with Crippen molar-refractivity contribution >= 4 is 24.1 Å². The topological polar surface area (TPSA) is 140 Å². The van der Waals surface area contributed by atoms with Crippen LogP contribution in [0.25, 0.3) is 0 Å². The molecule has 0 unspecified atom stereocenters. The number of benzene rings is 1. The Bertz CT molecular complexity index is 965. The summed E-state index contributed by atoms with van der Waals surface area (Å²) < 4.78 is 65.2. The Morgan fingerprint density at radius 3 is 2.70 bits per heavy atom. The molecule has 0 aliphatic carbocycles. The van der Waals surface area contributed by atoms with Gasteiger partial charge in [-0.1, -0.05) is 0 Å². The van der Waals surface area contributed by atoms with Gasteiger partial charge in [0.15, 0.2) is 12.4 Å². The van der Waals surface area contributed by atoms with Crippen LogP contribution in [0.4, 0.5) is 23.2 Å². The highest BCUT2D eigenvalue weighted by Gasteiger charge is 2.57. The third kappa shape index (κ3) is 4.50. The second-order valence-corrected chi connectivity index (χ2v) is 6.01. The second kappa shape index (κ2) is 8.80. The van der Waals surface area contributed by atoms with E-state index in [4.69, 9.17) is 24.8 Å². The number of amides is 1. The number of carboxylic acid groups (broad SMARTS) is 1. The van der Waals surface area contributed by atoms with Crippen LogP contribution in [0, 0.1) is 5.82 Å². The fraction of sp³-hybridized carbons (Fsp3) is 0.294. The molecule has 0 spiro atoms. The summed E-state index contributed by atoms with van der Waals surface area (Å²) in [6.07, 6.45) is 0.936. The van der Waals surface area contributed by atoms with Gasteiger partial charge in [-0.3, -0.25) is 9.59 Å². The molecule has 4 N–H and O–H groups in total. The van der Waals surface area contributed by atoms with Gasteiger partial charge in [0.1, 0.15) is 18.6 Å². The molecule has 162 valence electrons. The number of nitrogens with one attached hydrogen (secondary N) is 1. The number of halogens is 4. The van der Waals surface area contributed by atoms with Crippen LogP contribution in [0.2, 0.25) is 0 Å². The Morgan fingerprint density at radius 2 is 2.10 bits per heavy atom. The maximum absolute atomic E-state index is 14.4. The summed E-state index contributed by atoms with van der Waals surface area (Å²) in [6, 6.07) is 2.55. The normalized spacial score (nSPS) is 19.6. The predicted molar refractivity (Wildman–Crippen MR) is 94.2 cm³/mol. The molecule has 3 rings (SSSR count). The number of aliphatic imine (C=N–C) groups is 1. The zero-order chi connectivity index (χ0) is 22.5. The van der Waals surface area contributed by atoms with E-state index >= 15 is 0 Å². The quantitative estimate of drug-likeness (QED) is 0.498. The molecule has 13 heteroatoms. The van der Waals surface area contributed by atoms with Gasteiger partial charge in [-0.2, -0.15) is 8.78 Å². The van der Waals surface area contributed by atoms with Crippen LogP contribution in [0.5, 0.6) is 0 Å². The van der Waals surface area contributed by atoms with Crippen molar-refractivity contribution in [3.8, 4) is 0 Å². The van der Waals surface area contributed by atoms with Crippen LogP contribution in [-0.4, -0.2) is 41.0 Å². The van der Waals surface area contributed by atoms with E-state index in [1.165, 1.54) is 0 Å². The maximum atomic E-state index is 14.4. The van der Waals surface area contributed by atoms with E-state index in [0.717, 1.165) is 31.4 Å². The number of nitrogens with zero attached hydrogens (tertiary/aromatic N) is 2. The summed E-state index contributed by atoms with van der Waals surface area (Å²) in [4.78, 5) is 27.4. The summed E-state index contributed by atoms with van der Waals surface area (Å²) in [5.41, 5.74) is 2.19. The van der Waals surface area contributed by atoms with Gasteiger partial charge in [0, 0.05) is 11.3 Å². The number of nitrogens with two attached hydrogens (primary N) is 1. The fourth-order valence-electron chi connectivity index (χ4n) is 2.54. The van der Waals surface area contributed by atoms with Crippen molar-refractivity contribution in [1.82, 2.24) is 4.98 Å². The number of rotatable bonds is 4. The van der Waals surface area contributed by atoms with Crippen LogP contribution in [0.15, 0.2) is 33.9 Å². The molecule has 2 heterocycles. The van der Waals surface area contributed by atoms with Gasteiger partial charge in [-0.05, 0) is 25.1 Å². The minimum Gasteiger partial charge on any atom is -0.483 e. The first-order valence-electron chi connectivity index (χ1n) is 8.14. The highest BCUT2D eigenvalue weighted by Crippen LogP contribution is 2.44. The van der Waals surface area contributed by atoms with Crippen molar-refractivity contribution in [1.29, 1.82) is 0 Å². The number of hydrogen-bond donors (Lipinski definition) is 3. The average molecular weight is 432 g/mol. The molecule has 0 bridgehead atoms. The van der Waals surface area contributed by atoms with E-state index in [2.05, 4.69) is 15.3 Å². The summed E-state index contributed by atoms with van der Waals surface area (Å²) in [7, 11) is 0. The predicted octanol–water partition coefficient (Wildman–Crippen LogP) is 2.43. The Kier molecular flexibility index (Phi) is 6.64. The van der Waals surface area contributed by atoms with Crippen LogP contribution in [0.3, 0.4) is 0 Å². The molecule has 1 aliphatic rings. The van der Waals surface area contributed by atoms with Crippen LogP contribution in [0.1, 0.15) is 28.9 Å². The van der Waals surface area contributed by atoms with Crippen molar-refractivity contribution in [2.24, 2.45) is 10.7 Å². The first kappa shape index (κ1) is 22.6. The van der Waals surface area contributed by atoms with Gasteiger partial charge in [-0.15, -0.1) is 0 Å². The van der Waals surface area contributed by atoms with E-state index in [-0.39, 0.29) is 23.7 Å². The maximum Gasteiger partial charge on any atom is 0.310 e. The number of amidine groups is 1. The minimum absolute atomic E-state index is 0.0112. The van der Waals surface area contributed by atoms with Crippen molar-refractivity contribution in [3.05, 3.63) is 47.4 Å². The summed E-state index contributed by atoms with van der Waals surface area (Å²) >= 11 is 0. The number of carbonyl (C=O) groups is 2. The zero-order valence-corrected chi connectivity index (χ0v) is 15.4. The molecule has 2 aromatic rings. The van der Waals surface area contributed by atoms with Gasteiger partial charge in [-0.25, -0.2) is 18.8 Å². The van der Waals surface area contributed by atoms with E-state index < -0.39 is 48.1 Å². The lowest BCUT2D eigenvalue weighted by Gasteiger charge is -2.39. The smallest absolute Gasteiger partial charge is 0.310 e. The Morgan fingerprint density at radius 1 is 1.43 bits per heavy atom. The molecule has 0 saturated carbocycles. The SMILES string of the molecule is C[C@]1(c2cc(NC(=O)c3coc(CF)n3)ccc2F)OC(N)=NCC1(F)F.O=CO. The number of anilines is 1. The van der Waals surface area contributed by atoms with Gasteiger partial charge >= 0.3 is 5.92 Å². The van der Waals surface area contributed by atoms with E-state index in [9.17, 15) is 22.4 Å². The lowest BCUT2D eigenvalue weighted by atomic mass is 9.87. The van der Waals surface area contributed by atoms with Crippen molar-refractivity contribution in [2.75, 3.05) is 11.9 Å². The average Bonchev–Trinajstić information content (AvgIpc) is 3.17. The van der Waals surface area contributed by atoms with Crippen LogP contribution >= 0.6 is 0 Å². The van der Waals surface area contributed by atoms with Gasteiger partial charge < -0.3 is 25.3 Å². The fourth-order valence-corrected chi connectivity index (χ4v) is 2.54. The number of aromatic nitrogens is 1. The lowest BCUT2D eigenvalue weighted by molar-refractivity contribution is -0.173. The Balaban J connectivity index is 0.00000101. The highest BCUT2D eigenvalue weighted by atomic mass is 19.3. The Hall–Kier alpha value is -3.64. The van der Waals surface area contributed by atoms with Crippen molar-refractivity contribution in [3.63, 3.8) is 0 Å². The first-order valence-corrected chi connectivity index (χ1v) is 8.14. The highest BCUT2D eigenvalue weighted by molar-refractivity contribution is 6.02. The first-order chi connectivity index (χ1) is 14.1. The summed E-state index contributed by atoms with van der Waals surface area (Å²) in [5, 5.41) is 9.23. The van der Waals surface area contributed by atoms with Gasteiger partial charge in [0.2, 0.25) is 11.5 Å². The number of ether oxygens (including phenoxy) is 1. The molecular weight excluding hydrogens is 416 g/mol. The monoisotopic (exact) mass is 432 g/mol. The van der Waals surface area contributed by atoms with Crippen molar-refractivity contribution in [2.45, 2.75) is 25.1 Å². The Labute approximate surface area is 166 Å². The molecule has 30 heavy (non-hydrogen) atoms. The van der Waals surface area contributed by atoms with Crippen LogP contribution < -0.4 is 11.1 Å². The molecule has 0 fully saturated rings. The molecule has 1 amide bonds. The summed E-state index contributed by atoms with van der Waals surface area (Å²) in [5.74, 6) is -5.62. The largest absolute Gasteiger partial charge is 0.483 e. The lowest BCUT2D eigenvalue weighted by Crippen LogP contribution is -2.53. The molecular formula is C17H16F4N4O5. The van der Waals surface area contributed by atoms with Crippen molar-refractivity contribution < 1.29 is 41.4 Å². The minimum atomic E-state index is -3.55. The third-order valence-electron chi connectivity index (χ3n) is 4.08. The third-order valence-corrected chi connectivity index (χ3v) is 4.08. The standard InChI is InChI=1S/C16H14F4N4O3.CH2O2/c1-15(16(19,20)7-22-14(21)27-15)9-4-8(2-3-10(9)18)23-13(25)11-6-26-12(5-17)24-11;2-1-3/h2-4,6H,5,7H2,1H3,(H2,21,22)(H,23,25);1H,(H,2,3)/t15-;/m1./s1. The molecule has 1 atom stereocenters. The number of oxazole rings is 1. The van der Waals surface area contributed by atoms with E-state index in [1.807, 2.05) is 0 Å². The number of alkyl halides is 3. The molecule has 9 nitrogen and oxygen atoms in total. The number of carbonyl (C=O) groups excluding carboxylic acids is 1. The molecule has 1 aliphatic heterocycles. The molecule has 0 radical (unpaired) electrons. The van der Waals surface area contributed by atoms with Gasteiger partial charge in [0.05, 0.1) is 0 Å². The van der Waals surface area contributed by atoms with E-state index in [0.29, 0.717) is 0 Å². The number of hydrogen-bond acceptors (Lipinski definition) is 7. The zero-order valence-electron chi connectivity index (χ0n) is 15.4. The van der Waals surface area contributed by atoms with E-state index in [1.54, 1.807) is 0 Å². The second-order valence-electron chi connectivity index (χ2n) is 6.01. The van der Waals surface area contributed by atoms with Crippen LogP contribution in [-0.2, 0) is 21.8 Å². The summed E-state index contributed by atoms with van der Waals surface area (Å²) in [6.45, 7) is -1.25. The molecule has 1 aromatic carbocycles. The van der Waals surface area contributed by atoms with Gasteiger partial charge in [0.25, 0.3) is 18.4 Å². The molecule has 1 aromatic heterocycles.